The highest BCUT2D eigenvalue weighted by atomic mass is 16.2. The van der Waals surface area contributed by atoms with Crippen LogP contribution in [0, 0.1) is 11.8 Å². The molecule has 2 amide bonds. The van der Waals surface area contributed by atoms with Gasteiger partial charge in [-0.3, -0.25) is 9.59 Å². The van der Waals surface area contributed by atoms with Crippen molar-refractivity contribution in [2.24, 2.45) is 17.6 Å². The van der Waals surface area contributed by atoms with Crippen LogP contribution < -0.4 is 11.1 Å². The first-order valence-corrected chi connectivity index (χ1v) is 8.01. The number of rotatable bonds is 4. The maximum Gasteiger partial charge on any atom is 0.243 e. The number of nitrogens with one attached hydrogen (secondary N) is 1. The van der Waals surface area contributed by atoms with E-state index in [0.717, 1.165) is 51.5 Å². The Balaban J connectivity index is 1.64. The van der Waals surface area contributed by atoms with Crippen LogP contribution in [-0.4, -0.2) is 41.9 Å². The average Bonchev–Trinajstić information content (AvgIpc) is 2.99. The lowest BCUT2D eigenvalue weighted by Gasteiger charge is -2.28. The largest absolute Gasteiger partial charge is 0.352 e. The molecule has 3 unspecified atom stereocenters. The summed E-state index contributed by atoms with van der Waals surface area (Å²) >= 11 is 0. The van der Waals surface area contributed by atoms with Crippen molar-refractivity contribution in [1.29, 1.82) is 0 Å². The summed E-state index contributed by atoms with van der Waals surface area (Å²) in [6.45, 7) is 1.32. The highest BCUT2D eigenvalue weighted by molar-refractivity contribution is 5.89. The third kappa shape index (κ3) is 2.68. The molecule has 0 aromatic rings. The summed E-state index contributed by atoms with van der Waals surface area (Å²) in [7, 11) is 0. The second-order valence-electron chi connectivity index (χ2n) is 6.51. The second kappa shape index (κ2) is 5.72. The summed E-state index contributed by atoms with van der Waals surface area (Å²) in [5.41, 5.74) is 5.78. The fraction of sp³-hybridized carbons (Fsp3) is 0.867. The van der Waals surface area contributed by atoms with Crippen LogP contribution in [0.25, 0.3) is 0 Å². The van der Waals surface area contributed by atoms with Crippen LogP contribution in [0.15, 0.2) is 0 Å². The SMILES string of the molecule is NCC1CCCC1C(=O)N1CCCC1C(=O)NC1CC1. The van der Waals surface area contributed by atoms with Crippen LogP contribution in [0.3, 0.4) is 0 Å². The molecule has 0 spiro atoms. The fourth-order valence-electron chi connectivity index (χ4n) is 3.69. The molecule has 1 aliphatic heterocycles. The molecule has 0 aromatic heterocycles. The minimum Gasteiger partial charge on any atom is -0.352 e. The first-order valence-electron chi connectivity index (χ1n) is 8.01. The maximum absolute atomic E-state index is 12.7. The number of hydrogen-bond acceptors (Lipinski definition) is 3. The van der Waals surface area contributed by atoms with Gasteiger partial charge in [0.25, 0.3) is 0 Å². The number of likely N-dealkylation sites (tertiary alicyclic amines) is 1. The first-order chi connectivity index (χ1) is 9.70. The minimum absolute atomic E-state index is 0.0503. The van der Waals surface area contributed by atoms with E-state index >= 15 is 0 Å². The smallest absolute Gasteiger partial charge is 0.243 e. The lowest BCUT2D eigenvalue weighted by atomic mass is 9.94. The summed E-state index contributed by atoms with van der Waals surface area (Å²) in [5.74, 6) is 0.594. The van der Waals surface area contributed by atoms with Gasteiger partial charge in [-0.1, -0.05) is 6.42 Å². The molecule has 5 nitrogen and oxygen atoms in total. The van der Waals surface area contributed by atoms with Crippen LogP contribution in [0.2, 0.25) is 0 Å². The zero-order valence-corrected chi connectivity index (χ0v) is 12.0. The van der Waals surface area contributed by atoms with Gasteiger partial charge in [-0.05, 0) is 51.0 Å². The fourth-order valence-corrected chi connectivity index (χ4v) is 3.69. The van der Waals surface area contributed by atoms with Crippen LogP contribution in [0.4, 0.5) is 0 Å². The van der Waals surface area contributed by atoms with Gasteiger partial charge in [-0.2, -0.15) is 0 Å². The number of nitrogens with two attached hydrogens (primary N) is 1. The monoisotopic (exact) mass is 279 g/mol. The Morgan fingerprint density at radius 2 is 1.90 bits per heavy atom. The van der Waals surface area contributed by atoms with Crippen LogP contribution in [0.1, 0.15) is 44.9 Å². The Kier molecular flexibility index (Phi) is 3.96. The van der Waals surface area contributed by atoms with E-state index in [1.807, 2.05) is 4.90 Å². The van der Waals surface area contributed by atoms with Crippen LogP contribution >= 0.6 is 0 Å². The van der Waals surface area contributed by atoms with E-state index in [2.05, 4.69) is 5.32 Å². The molecule has 20 heavy (non-hydrogen) atoms. The Morgan fingerprint density at radius 1 is 1.10 bits per heavy atom. The lowest BCUT2D eigenvalue weighted by Crippen LogP contribution is -2.49. The van der Waals surface area contributed by atoms with E-state index < -0.39 is 0 Å². The van der Waals surface area contributed by atoms with Crippen molar-refractivity contribution in [3.63, 3.8) is 0 Å². The van der Waals surface area contributed by atoms with Gasteiger partial charge in [-0.25, -0.2) is 0 Å². The highest BCUT2D eigenvalue weighted by Gasteiger charge is 2.41. The van der Waals surface area contributed by atoms with E-state index in [-0.39, 0.29) is 23.8 Å². The first kappa shape index (κ1) is 13.9. The predicted molar refractivity (Wildman–Crippen MR) is 75.8 cm³/mol. The molecule has 3 atom stereocenters. The standard InChI is InChI=1S/C15H25N3O2/c16-9-10-3-1-4-12(10)15(20)18-8-2-5-13(18)14(19)17-11-6-7-11/h10-13H,1-9,16H2,(H,17,19). The van der Waals surface area contributed by atoms with Gasteiger partial charge >= 0.3 is 0 Å². The van der Waals surface area contributed by atoms with Crippen LogP contribution in [-0.2, 0) is 9.59 Å². The van der Waals surface area contributed by atoms with Crippen molar-refractivity contribution >= 4 is 11.8 Å². The zero-order valence-electron chi connectivity index (χ0n) is 12.0. The molecule has 0 aromatic carbocycles. The van der Waals surface area contributed by atoms with Crippen LogP contribution in [0.5, 0.6) is 0 Å². The van der Waals surface area contributed by atoms with Gasteiger partial charge in [-0.15, -0.1) is 0 Å². The van der Waals surface area contributed by atoms with E-state index in [9.17, 15) is 9.59 Å². The van der Waals surface area contributed by atoms with E-state index in [0.29, 0.717) is 18.5 Å². The number of carbonyl (C=O) groups excluding carboxylic acids is 2. The molecular weight excluding hydrogens is 254 g/mol. The molecule has 0 radical (unpaired) electrons. The molecule has 0 bridgehead atoms. The molecule has 2 saturated carbocycles. The predicted octanol–water partition coefficient (Wildman–Crippen LogP) is 0.631. The van der Waals surface area contributed by atoms with Gasteiger partial charge in [0.15, 0.2) is 0 Å². The highest BCUT2D eigenvalue weighted by Crippen LogP contribution is 2.34. The van der Waals surface area contributed by atoms with Crippen molar-refractivity contribution in [1.82, 2.24) is 10.2 Å². The Morgan fingerprint density at radius 3 is 2.60 bits per heavy atom. The summed E-state index contributed by atoms with van der Waals surface area (Å²) < 4.78 is 0. The molecule has 3 fully saturated rings. The average molecular weight is 279 g/mol. The Hall–Kier alpha value is -1.10. The molecule has 112 valence electrons. The number of amides is 2. The molecule has 1 saturated heterocycles. The number of nitrogens with zero attached hydrogens (tertiary/aromatic N) is 1. The summed E-state index contributed by atoms with van der Waals surface area (Å²) in [6.07, 6.45) is 7.01. The molecule has 3 N–H and O–H groups in total. The van der Waals surface area contributed by atoms with Gasteiger partial charge in [0.05, 0.1) is 0 Å². The van der Waals surface area contributed by atoms with Gasteiger partial charge < -0.3 is 16.0 Å². The third-order valence-corrected chi connectivity index (χ3v) is 5.04. The maximum atomic E-state index is 12.7. The third-order valence-electron chi connectivity index (χ3n) is 5.04. The van der Waals surface area contributed by atoms with Crippen molar-refractivity contribution < 1.29 is 9.59 Å². The molecule has 1 heterocycles. The van der Waals surface area contributed by atoms with Gasteiger partial charge in [0, 0.05) is 18.5 Å². The minimum atomic E-state index is -0.234. The molecule has 2 aliphatic carbocycles. The van der Waals surface area contributed by atoms with Crippen molar-refractivity contribution in [3.05, 3.63) is 0 Å². The normalized spacial score (nSPS) is 33.5. The number of carbonyl (C=O) groups is 2. The summed E-state index contributed by atoms with van der Waals surface area (Å²) in [6, 6.07) is 0.130. The summed E-state index contributed by atoms with van der Waals surface area (Å²) in [5, 5.41) is 3.04. The molecule has 3 aliphatic rings. The van der Waals surface area contributed by atoms with Crippen molar-refractivity contribution in [2.45, 2.75) is 57.0 Å². The van der Waals surface area contributed by atoms with E-state index in [4.69, 9.17) is 5.73 Å². The molecule has 3 rings (SSSR count). The van der Waals surface area contributed by atoms with Gasteiger partial charge in [0.1, 0.15) is 6.04 Å². The summed E-state index contributed by atoms with van der Waals surface area (Å²) in [4.78, 5) is 26.8. The lowest BCUT2D eigenvalue weighted by molar-refractivity contribution is -0.142. The van der Waals surface area contributed by atoms with E-state index in [1.165, 1.54) is 0 Å². The second-order valence-corrected chi connectivity index (χ2v) is 6.51. The Labute approximate surface area is 120 Å². The van der Waals surface area contributed by atoms with E-state index in [1.54, 1.807) is 0 Å². The topological polar surface area (TPSA) is 75.4 Å². The Bertz CT molecular complexity index is 395. The molecular formula is C15H25N3O2. The molecule has 5 heteroatoms. The van der Waals surface area contributed by atoms with Crippen molar-refractivity contribution in [2.75, 3.05) is 13.1 Å². The quantitative estimate of drug-likeness (QED) is 0.792. The number of hydrogen-bond donors (Lipinski definition) is 2. The zero-order chi connectivity index (χ0) is 14.1. The van der Waals surface area contributed by atoms with Crippen molar-refractivity contribution in [3.8, 4) is 0 Å². The van der Waals surface area contributed by atoms with Gasteiger partial charge in [0.2, 0.25) is 11.8 Å².